The number of pyridine rings is 1. The molecule has 0 saturated carbocycles. The predicted molar refractivity (Wildman–Crippen MR) is 201 cm³/mol. The number of β-lactam (4-membered cyclic amide) rings is 1. The lowest BCUT2D eigenvalue weighted by Crippen LogP contribution is -2.71. The fourth-order valence-corrected chi connectivity index (χ4v) is 9.23. The van der Waals surface area contributed by atoms with Crippen molar-refractivity contribution in [3.8, 4) is 11.3 Å². The van der Waals surface area contributed by atoms with E-state index in [0.29, 0.717) is 40.2 Å². The van der Waals surface area contributed by atoms with Crippen molar-refractivity contribution in [1.82, 2.24) is 24.6 Å². The number of carboxylic acids is 2. The first-order valence-corrected chi connectivity index (χ1v) is 20.8. The highest BCUT2D eigenvalue weighted by Crippen LogP contribution is 2.46. The van der Waals surface area contributed by atoms with Crippen molar-refractivity contribution in [2.75, 3.05) is 24.0 Å². The first kappa shape index (κ1) is 43.0. The maximum Gasteiger partial charge on any atom is 0.429 e. The van der Waals surface area contributed by atoms with E-state index in [2.05, 4.69) is 29.8 Å². The number of aliphatic carboxylic acids is 2. The Morgan fingerprint density at radius 2 is 1.96 bits per heavy atom. The van der Waals surface area contributed by atoms with Crippen LogP contribution >= 0.6 is 54.1 Å². The molecule has 1 saturated heterocycles. The van der Waals surface area contributed by atoms with Gasteiger partial charge in [-0.25, -0.2) is 14.1 Å². The number of carbonyl (C=O) groups excluding carboxylic acids is 3. The number of hydrogen-bond donors (Lipinski definition) is 8. The molecular weight excluding hydrogens is 824 g/mol. The van der Waals surface area contributed by atoms with Gasteiger partial charge in [-0.05, 0) is 19.8 Å². The SMILES string of the molecule is CCO/N=C(/C(=O)N[C@@H]1C(=O)N2C(C(=O)[O-])=C(Sc3nc(-c4cc[n+](C)cc4)cs3)CS[C@H]12)c1nsc(NP(=O)(O)O)n1.NC(N)=NCCCC(N)C(=O)O. The number of carboxylic acid groups (broad SMARTS) is 2. The van der Waals surface area contributed by atoms with Crippen LogP contribution < -0.4 is 37.3 Å². The maximum atomic E-state index is 13.1. The first-order chi connectivity index (χ1) is 26.0. The van der Waals surface area contributed by atoms with Crippen LogP contribution in [0.15, 0.2) is 55.0 Å². The molecule has 0 bridgehead atoms. The van der Waals surface area contributed by atoms with Gasteiger partial charge < -0.3 is 52.1 Å². The number of nitrogens with one attached hydrogen (secondary N) is 2. The number of oxime groups is 1. The van der Waals surface area contributed by atoms with Crippen LogP contribution in [0.2, 0.25) is 0 Å². The number of aromatic nitrogens is 4. The second-order valence-corrected chi connectivity index (χ2v) is 16.5. The highest BCUT2D eigenvalue weighted by atomic mass is 32.2. The molecule has 5 rings (SSSR count). The van der Waals surface area contributed by atoms with E-state index < -0.39 is 54.7 Å². The fraction of sp³-hybridized carbons (Fsp3) is 0.357. The Kier molecular flexibility index (Phi) is 15.1. The molecule has 2 aliphatic heterocycles. The number of aryl methyl sites for hydroxylation is 1. The monoisotopic (exact) mass is 858 g/mol. The molecule has 0 radical (unpaired) electrons. The van der Waals surface area contributed by atoms with E-state index in [1.54, 1.807) is 6.92 Å². The molecule has 3 atom stereocenters. The highest BCUT2D eigenvalue weighted by Gasteiger charge is 2.53. The van der Waals surface area contributed by atoms with E-state index in [0.717, 1.165) is 27.9 Å². The normalized spacial score (nSPS) is 17.2. The van der Waals surface area contributed by atoms with Crippen LogP contribution in [0.5, 0.6) is 0 Å². The summed E-state index contributed by atoms with van der Waals surface area (Å²) in [6.45, 7) is 2.11. The number of hydrogen-bond acceptors (Lipinski definition) is 17. The molecule has 0 spiro atoms. The van der Waals surface area contributed by atoms with Gasteiger partial charge >= 0.3 is 13.7 Å². The number of thioether (sulfide) groups is 2. The van der Waals surface area contributed by atoms with Crippen molar-refractivity contribution in [2.45, 2.75) is 41.6 Å². The zero-order chi connectivity index (χ0) is 40.4. The average molecular weight is 859 g/mol. The number of guanidine groups is 1. The molecule has 55 heavy (non-hydrogen) atoms. The van der Waals surface area contributed by atoms with Gasteiger partial charge in [-0.2, -0.15) is 9.36 Å². The Hall–Kier alpha value is -4.69. The van der Waals surface area contributed by atoms with Crippen molar-refractivity contribution in [3.63, 3.8) is 0 Å². The first-order valence-electron chi connectivity index (χ1n) is 15.7. The summed E-state index contributed by atoms with van der Waals surface area (Å²) in [5.74, 6) is -4.18. The van der Waals surface area contributed by atoms with Crippen LogP contribution in [0, 0.1) is 0 Å². The minimum absolute atomic E-state index is 0.0129. The average Bonchev–Trinajstić information content (AvgIpc) is 3.78. The standard InChI is InChI=1S/C22H21N8O8PS4.C6H14N4O2/c1-3-38-26-13(16-25-21(43-28-16)27-39(35,36)37)17(31)24-14-18(32)30-15(20(33)34)12(9-40-19(14)30)42-22-23-11(8-41-22)10-4-6-29(2)7-5-10;7-4(5(11)12)2-1-3-10-6(8)9/h4-8,14,19H,3,9H2,1-2H3,(H4-,24,25,27,28,31,33,34,35,36,37);4H,1-3,7H2,(H,11,12)(H4,8,9,10)/b26-13+;/t14-,19-;/m1./s1. The summed E-state index contributed by atoms with van der Waals surface area (Å²) in [7, 11) is -2.78. The lowest BCUT2D eigenvalue weighted by atomic mass is 10.0. The number of nitrogens with two attached hydrogens (primary N) is 3. The summed E-state index contributed by atoms with van der Waals surface area (Å²) < 4.78 is 17.6. The summed E-state index contributed by atoms with van der Waals surface area (Å²) in [5.41, 5.74) is 16.2. The molecule has 1 unspecified atom stereocenters. The molecule has 3 aromatic rings. The third-order valence-corrected chi connectivity index (χ3v) is 11.8. The van der Waals surface area contributed by atoms with Gasteiger partial charge in [0.15, 0.2) is 22.7 Å². The van der Waals surface area contributed by atoms with E-state index in [9.17, 15) is 28.8 Å². The maximum absolute atomic E-state index is 13.1. The zero-order valence-corrected chi connectivity index (χ0v) is 33.0. The molecule has 3 aromatic heterocycles. The fourth-order valence-electron chi connectivity index (χ4n) is 4.53. The highest BCUT2D eigenvalue weighted by molar-refractivity contribution is 8.07. The van der Waals surface area contributed by atoms with Crippen LogP contribution in [0.4, 0.5) is 5.13 Å². The van der Waals surface area contributed by atoms with E-state index >= 15 is 0 Å². The van der Waals surface area contributed by atoms with E-state index in [1.165, 1.54) is 23.1 Å². The van der Waals surface area contributed by atoms with Crippen LogP contribution in [-0.4, -0.2) is 106 Å². The van der Waals surface area contributed by atoms with Crippen molar-refractivity contribution in [3.05, 3.63) is 46.3 Å². The van der Waals surface area contributed by atoms with Crippen LogP contribution in [0.3, 0.4) is 0 Å². The zero-order valence-electron chi connectivity index (χ0n) is 28.8. The molecule has 5 heterocycles. The Labute approximate surface area is 328 Å². The summed E-state index contributed by atoms with van der Waals surface area (Å²) in [6, 6.07) is 1.90. The van der Waals surface area contributed by atoms with E-state index in [1.807, 2.05) is 46.6 Å². The van der Waals surface area contributed by atoms with Crippen molar-refractivity contribution in [2.24, 2.45) is 34.4 Å². The Bertz CT molecular complexity index is 2030. The molecule has 11 N–H and O–H groups in total. The van der Waals surface area contributed by atoms with Gasteiger partial charge in [-0.3, -0.25) is 29.4 Å². The molecule has 1 fully saturated rings. The summed E-state index contributed by atoms with van der Waals surface area (Å²) in [5, 5.41) is 29.5. The third kappa shape index (κ3) is 11.9. The molecule has 27 heteroatoms. The van der Waals surface area contributed by atoms with Gasteiger partial charge in [0.2, 0.25) is 16.7 Å². The predicted octanol–water partition coefficient (Wildman–Crippen LogP) is -1.66. The molecular formula is C28H35N12O10PS4. The lowest BCUT2D eigenvalue weighted by Gasteiger charge is -2.50. The van der Waals surface area contributed by atoms with Crippen molar-refractivity contribution >= 4 is 94.7 Å². The number of aliphatic imine (C=N–C) groups is 1. The molecule has 0 aromatic carbocycles. The van der Waals surface area contributed by atoms with Gasteiger partial charge in [-0.1, -0.05) is 16.9 Å². The smallest absolute Gasteiger partial charge is 0.429 e. The second kappa shape index (κ2) is 19.3. The number of anilines is 1. The number of carbonyl (C=O) groups is 4. The van der Waals surface area contributed by atoms with Gasteiger partial charge in [-0.15, -0.1) is 23.1 Å². The van der Waals surface area contributed by atoms with Crippen LogP contribution in [-0.2, 0) is 35.6 Å². The van der Waals surface area contributed by atoms with Crippen molar-refractivity contribution < 1.29 is 53.1 Å². The number of fused-ring (bicyclic) bond motifs is 1. The minimum atomic E-state index is -4.68. The molecule has 2 amide bonds. The van der Waals surface area contributed by atoms with Gasteiger partial charge in [0.05, 0.1) is 17.4 Å². The number of amides is 2. The molecule has 0 aliphatic carbocycles. The van der Waals surface area contributed by atoms with E-state index in [4.69, 9.17) is 36.9 Å². The Morgan fingerprint density at radius 1 is 1.25 bits per heavy atom. The number of nitrogens with zero attached hydrogens (tertiary/aromatic N) is 7. The molecule has 2 aliphatic rings. The minimum Gasteiger partial charge on any atom is -0.543 e. The van der Waals surface area contributed by atoms with Gasteiger partial charge in [0.25, 0.3) is 11.8 Å². The van der Waals surface area contributed by atoms with Gasteiger partial charge in [0, 0.05) is 51.8 Å². The number of thiazole rings is 1. The largest absolute Gasteiger partial charge is 0.543 e. The van der Waals surface area contributed by atoms with Gasteiger partial charge in [0.1, 0.15) is 31.1 Å². The van der Waals surface area contributed by atoms with E-state index in [-0.39, 0.29) is 35.0 Å². The van der Waals surface area contributed by atoms with Crippen LogP contribution in [0.1, 0.15) is 25.6 Å². The molecule has 296 valence electrons. The quantitative estimate of drug-likeness (QED) is 0.0152. The summed E-state index contributed by atoms with van der Waals surface area (Å²) >= 11 is 4.31. The Morgan fingerprint density at radius 3 is 2.58 bits per heavy atom. The third-order valence-electron chi connectivity index (χ3n) is 7.05. The molecule has 22 nitrogen and oxygen atoms in total. The van der Waals surface area contributed by atoms with Crippen molar-refractivity contribution in [1.29, 1.82) is 0 Å². The summed E-state index contributed by atoms with van der Waals surface area (Å²) in [6.07, 6.45) is 4.74. The topological polar surface area (TPSA) is 351 Å². The Balaban J connectivity index is 0.000000484. The second-order valence-electron chi connectivity index (χ2n) is 11.1. The summed E-state index contributed by atoms with van der Waals surface area (Å²) in [4.78, 5) is 85.4. The lowest BCUT2D eigenvalue weighted by molar-refractivity contribution is -0.671. The van der Waals surface area contributed by atoms with Crippen LogP contribution in [0.25, 0.3) is 11.3 Å². The number of rotatable bonds is 16.